The smallest absolute Gasteiger partial charge is 0.391 e. The second kappa shape index (κ2) is 7.45. The van der Waals surface area contributed by atoms with E-state index in [4.69, 9.17) is 40.2 Å². The molecule has 0 spiro atoms. The summed E-state index contributed by atoms with van der Waals surface area (Å²) in [5.41, 5.74) is 0. The van der Waals surface area contributed by atoms with Crippen LogP contribution in [-0.4, -0.2) is 21.7 Å². The Balaban J connectivity index is 0.000000385. The summed E-state index contributed by atoms with van der Waals surface area (Å²) in [4.78, 5) is 0. The molecule has 6 heteroatoms. The van der Waals surface area contributed by atoms with E-state index in [9.17, 15) is 0 Å². The van der Waals surface area contributed by atoms with Gasteiger partial charge in [-0.2, -0.15) is 0 Å². The maximum absolute atomic E-state index is 4.99. The number of hydrogen-bond donors (Lipinski definition) is 0. The van der Waals surface area contributed by atoms with E-state index in [2.05, 4.69) is 27.7 Å². The summed E-state index contributed by atoms with van der Waals surface area (Å²) >= 11 is 0. The van der Waals surface area contributed by atoms with Gasteiger partial charge in [-0.1, -0.05) is 13.8 Å². The Labute approximate surface area is 119 Å². The molecule has 0 N–H and O–H groups in total. The Kier molecular flexibility index (Phi) is 8.32. The van der Waals surface area contributed by atoms with Crippen molar-refractivity contribution in [2.45, 2.75) is 40.5 Å². The molecule has 96 valence electrons. The summed E-state index contributed by atoms with van der Waals surface area (Å²) in [6, 6.07) is 0. The molecule has 1 aliphatic rings. The zero-order valence-electron chi connectivity index (χ0n) is 10.4. The summed E-state index contributed by atoms with van der Waals surface area (Å²) in [6.45, 7) is 9.38. The molecule has 0 saturated heterocycles. The van der Waals surface area contributed by atoms with Crippen LogP contribution in [0.5, 0.6) is 0 Å². The molecule has 0 amide bonds. The summed E-state index contributed by atoms with van der Waals surface area (Å²) in [5.74, 6) is 0. The predicted octanol–water partition coefficient (Wildman–Crippen LogP) is 6.47. The first-order valence-electron chi connectivity index (χ1n) is 5.74. The SMILES string of the molecule is CCC1=C(CC)[P+]1(CC)CC.[Cl][Al-]([Cl])([Cl])[Cl]. The standard InChI is InChI=1S/C10H20P.Al.4ClH/c1-5-9-10(6-2)11(9,7-3)8-4;;;;;/h5-8H2,1-4H3;;4*1H/q+1;+3;;;;/p-4. The highest BCUT2D eigenvalue weighted by Gasteiger charge is 2.57. The van der Waals surface area contributed by atoms with Crippen LogP contribution in [0.25, 0.3) is 0 Å². The number of hydrogen-bond acceptors (Lipinski definition) is 0. The molecule has 0 aromatic heterocycles. The summed E-state index contributed by atoms with van der Waals surface area (Å²) < 4.78 is 0. The average Bonchev–Trinajstić information content (AvgIpc) is 2.82. The fraction of sp³-hybridized carbons (Fsp3) is 0.800. The molecular formula is C10H20AlCl4P. The van der Waals surface area contributed by atoms with Crippen molar-refractivity contribution in [1.29, 1.82) is 0 Å². The Morgan fingerprint density at radius 1 is 0.812 bits per heavy atom. The monoisotopic (exact) mass is 338 g/mol. The van der Waals surface area contributed by atoms with E-state index >= 15 is 0 Å². The van der Waals surface area contributed by atoms with E-state index in [1.807, 2.05) is 10.6 Å². The van der Waals surface area contributed by atoms with Crippen molar-refractivity contribution in [2.24, 2.45) is 0 Å². The van der Waals surface area contributed by atoms with Crippen LogP contribution in [0.4, 0.5) is 0 Å². The lowest BCUT2D eigenvalue weighted by Crippen LogP contribution is -1.91. The van der Waals surface area contributed by atoms with Gasteiger partial charge < -0.3 is 40.2 Å². The maximum atomic E-state index is 4.99. The number of rotatable bonds is 4. The molecule has 0 unspecified atom stereocenters. The largest absolute Gasteiger partial charge is 0.564 e. The molecule has 0 atom stereocenters. The van der Waals surface area contributed by atoms with Crippen LogP contribution in [0.15, 0.2) is 10.6 Å². The molecule has 0 saturated carbocycles. The fourth-order valence-electron chi connectivity index (χ4n) is 2.43. The van der Waals surface area contributed by atoms with Gasteiger partial charge in [-0.3, -0.25) is 0 Å². The highest BCUT2D eigenvalue weighted by atomic mass is 35.9. The van der Waals surface area contributed by atoms with Crippen LogP contribution in [0, 0.1) is 0 Å². The maximum Gasteiger partial charge on any atom is 0.564 e. The third kappa shape index (κ3) is 5.24. The fourth-order valence-corrected chi connectivity index (χ4v) is 7.21. The topological polar surface area (TPSA) is 0 Å². The number of halogens is 4. The van der Waals surface area contributed by atoms with Crippen LogP contribution in [0.1, 0.15) is 40.5 Å². The first kappa shape index (κ1) is 17.9. The third-order valence-electron chi connectivity index (χ3n) is 3.07. The van der Waals surface area contributed by atoms with E-state index in [1.165, 1.54) is 25.2 Å². The van der Waals surface area contributed by atoms with Crippen molar-refractivity contribution < 1.29 is 0 Å². The molecule has 0 bridgehead atoms. The Morgan fingerprint density at radius 3 is 1.12 bits per heavy atom. The lowest BCUT2D eigenvalue weighted by atomic mass is 10.4. The molecular weight excluding hydrogens is 320 g/mol. The second-order valence-electron chi connectivity index (χ2n) is 3.70. The van der Waals surface area contributed by atoms with E-state index < -0.39 is 16.7 Å². The van der Waals surface area contributed by atoms with E-state index in [0.717, 1.165) is 0 Å². The van der Waals surface area contributed by atoms with Crippen LogP contribution in [-0.2, 0) is 0 Å². The molecule has 16 heavy (non-hydrogen) atoms. The van der Waals surface area contributed by atoms with E-state index in [1.54, 1.807) is 0 Å². The minimum Gasteiger partial charge on any atom is -0.391 e. The second-order valence-corrected chi connectivity index (χ2v) is 20.8. The highest BCUT2D eigenvalue weighted by molar-refractivity contribution is 7.90. The van der Waals surface area contributed by atoms with E-state index in [-0.39, 0.29) is 0 Å². The van der Waals surface area contributed by atoms with Crippen molar-refractivity contribution in [3.05, 3.63) is 10.6 Å². The molecule has 0 aliphatic carbocycles. The van der Waals surface area contributed by atoms with Gasteiger partial charge in [0.2, 0.25) is 0 Å². The molecule has 0 fully saturated rings. The minimum atomic E-state index is -2.94. The van der Waals surface area contributed by atoms with Gasteiger partial charge in [0, 0.05) is 12.8 Å². The van der Waals surface area contributed by atoms with Crippen LogP contribution >= 0.6 is 47.5 Å². The molecule has 0 nitrogen and oxygen atoms in total. The van der Waals surface area contributed by atoms with Crippen LogP contribution < -0.4 is 0 Å². The van der Waals surface area contributed by atoms with Crippen molar-refractivity contribution in [3.63, 3.8) is 0 Å². The van der Waals surface area contributed by atoms with Crippen molar-refractivity contribution in [2.75, 3.05) is 12.3 Å². The first-order valence-corrected chi connectivity index (χ1v) is 14.9. The third-order valence-corrected chi connectivity index (χ3v) is 8.24. The van der Waals surface area contributed by atoms with Crippen LogP contribution in [0.2, 0.25) is 0 Å². The molecule has 1 heterocycles. The molecule has 0 aromatic carbocycles. The normalized spacial score (nSPS) is 18.0. The van der Waals surface area contributed by atoms with Gasteiger partial charge in [0.05, 0.1) is 19.6 Å². The molecule has 0 aromatic rings. The zero-order valence-corrected chi connectivity index (χ0v) is 15.4. The Bertz CT molecular complexity index is 234. The van der Waals surface area contributed by atoms with Gasteiger partial charge in [0.15, 0.2) is 0 Å². The summed E-state index contributed by atoms with van der Waals surface area (Å²) in [7, 11) is 16.5. The van der Waals surface area contributed by atoms with Gasteiger partial charge in [0.25, 0.3) is 0 Å². The first-order chi connectivity index (χ1) is 7.26. The average molecular weight is 340 g/mol. The Hall–Kier alpha value is 1.86. The quantitative estimate of drug-likeness (QED) is 0.407. The molecule has 0 radical (unpaired) electrons. The minimum absolute atomic E-state index is 0.541. The predicted molar refractivity (Wildman–Crippen MR) is 84.8 cm³/mol. The zero-order chi connectivity index (χ0) is 13.0. The van der Waals surface area contributed by atoms with Gasteiger partial charge in [-0.05, 0) is 13.8 Å². The van der Waals surface area contributed by atoms with Crippen LogP contribution in [0.3, 0.4) is 0 Å². The summed E-state index contributed by atoms with van der Waals surface area (Å²) in [5, 5.41) is 3.76. The number of allylic oxidation sites excluding steroid dienone is 2. The van der Waals surface area contributed by atoms with Gasteiger partial charge >= 0.3 is 9.39 Å². The molecule has 1 aliphatic heterocycles. The van der Waals surface area contributed by atoms with E-state index in [0.29, 0.717) is 0 Å². The summed E-state index contributed by atoms with van der Waals surface area (Å²) in [6.07, 6.45) is 5.54. The van der Waals surface area contributed by atoms with Crippen molar-refractivity contribution in [3.8, 4) is 0 Å². The Morgan fingerprint density at radius 2 is 1.06 bits per heavy atom. The van der Waals surface area contributed by atoms with Crippen molar-refractivity contribution >= 4 is 56.9 Å². The lowest BCUT2D eigenvalue weighted by Gasteiger charge is -2.05. The molecule has 1 rings (SSSR count). The van der Waals surface area contributed by atoms with Crippen molar-refractivity contribution in [1.82, 2.24) is 0 Å². The lowest BCUT2D eigenvalue weighted by molar-refractivity contribution is 1.16. The van der Waals surface area contributed by atoms with Gasteiger partial charge in [0.1, 0.15) is 10.6 Å². The highest BCUT2D eigenvalue weighted by Crippen LogP contribution is 2.87. The van der Waals surface area contributed by atoms with Gasteiger partial charge in [-0.25, -0.2) is 0 Å². The van der Waals surface area contributed by atoms with Gasteiger partial charge in [-0.15, -0.1) is 0 Å².